The van der Waals surface area contributed by atoms with Crippen molar-refractivity contribution in [1.29, 1.82) is 0 Å². The Labute approximate surface area is 252 Å². The van der Waals surface area contributed by atoms with Crippen LogP contribution in [0.4, 0.5) is 11.4 Å². The molecule has 9 heteroatoms. The van der Waals surface area contributed by atoms with Crippen molar-refractivity contribution >= 4 is 34.0 Å². The van der Waals surface area contributed by atoms with Crippen molar-refractivity contribution in [3.8, 4) is 5.75 Å². The maximum Gasteiger partial charge on any atom is 0.258 e. The summed E-state index contributed by atoms with van der Waals surface area (Å²) in [5, 5.41) is 5.28. The highest BCUT2D eigenvalue weighted by Gasteiger charge is 2.45. The van der Waals surface area contributed by atoms with Crippen LogP contribution in [0.5, 0.6) is 5.75 Å². The van der Waals surface area contributed by atoms with Crippen LogP contribution >= 0.6 is 0 Å². The van der Waals surface area contributed by atoms with Crippen molar-refractivity contribution < 1.29 is 14.3 Å². The number of aryl methyl sites for hydroxylation is 1. The first-order valence-electron chi connectivity index (χ1n) is 14.8. The van der Waals surface area contributed by atoms with E-state index < -0.39 is 5.41 Å². The topological polar surface area (TPSA) is 96.8 Å². The second kappa shape index (κ2) is 12.8. The first-order valence-corrected chi connectivity index (χ1v) is 14.8. The summed E-state index contributed by atoms with van der Waals surface area (Å²) < 4.78 is 7.85. The third-order valence-corrected chi connectivity index (χ3v) is 8.15. The number of carbonyl (C=O) groups is 2. The molecule has 4 aromatic rings. The molecule has 2 amide bonds. The molecule has 0 saturated heterocycles. The summed E-state index contributed by atoms with van der Waals surface area (Å²) in [5.41, 5.74) is 1.28. The Morgan fingerprint density at radius 1 is 0.977 bits per heavy atom. The summed E-state index contributed by atoms with van der Waals surface area (Å²) >= 11 is 0. The van der Waals surface area contributed by atoms with E-state index in [2.05, 4.69) is 10.3 Å². The highest BCUT2D eigenvalue weighted by Crippen LogP contribution is 2.40. The number of anilines is 2. The van der Waals surface area contributed by atoms with Gasteiger partial charge in [-0.05, 0) is 81.4 Å². The van der Waals surface area contributed by atoms with E-state index in [1.807, 2.05) is 80.0 Å². The van der Waals surface area contributed by atoms with E-state index in [1.165, 1.54) is 0 Å². The molecule has 2 aromatic heterocycles. The SMILES string of the molecule is CCN1C(=O)C(C)(C)C(=O)N(C)c2cc(OCCCNC(CCn3ccc4ccccc4c3=O)c3cccnc3)ccc21. The monoisotopic (exact) mass is 581 g/mol. The minimum Gasteiger partial charge on any atom is -0.493 e. The van der Waals surface area contributed by atoms with E-state index in [4.69, 9.17) is 4.74 Å². The van der Waals surface area contributed by atoms with Crippen LogP contribution in [-0.2, 0) is 16.1 Å². The predicted octanol–water partition coefficient (Wildman–Crippen LogP) is 4.94. The standard InChI is InChI=1S/C34H39N5O4/c1-5-39-29-14-13-26(22-30(29)37(4)32(41)34(2,3)33(39)42)43-21-9-18-36-28(25-11-8-17-35-23-25)16-20-38-19-15-24-10-6-7-12-27(24)31(38)40/h6-8,10-15,17,19,22-23,28,36H,5,9,16,18,20-21H2,1-4H3. The van der Waals surface area contributed by atoms with Crippen LogP contribution in [0, 0.1) is 5.41 Å². The first-order chi connectivity index (χ1) is 20.7. The van der Waals surface area contributed by atoms with E-state index >= 15 is 0 Å². The highest BCUT2D eigenvalue weighted by atomic mass is 16.5. The fourth-order valence-corrected chi connectivity index (χ4v) is 5.65. The number of fused-ring (bicyclic) bond motifs is 2. The van der Waals surface area contributed by atoms with Gasteiger partial charge in [0.2, 0.25) is 11.8 Å². The molecule has 43 heavy (non-hydrogen) atoms. The molecule has 2 aromatic carbocycles. The van der Waals surface area contributed by atoms with Crippen LogP contribution in [0.2, 0.25) is 0 Å². The van der Waals surface area contributed by atoms with Crippen molar-refractivity contribution in [2.75, 3.05) is 36.5 Å². The molecule has 1 aliphatic rings. The van der Waals surface area contributed by atoms with Crippen molar-refractivity contribution in [2.45, 2.75) is 46.2 Å². The Kier molecular flexibility index (Phi) is 8.92. The van der Waals surface area contributed by atoms with E-state index in [1.54, 1.807) is 41.5 Å². The molecule has 0 saturated carbocycles. The van der Waals surface area contributed by atoms with Crippen molar-refractivity contribution in [2.24, 2.45) is 5.41 Å². The number of hydrogen-bond donors (Lipinski definition) is 1. The predicted molar refractivity (Wildman–Crippen MR) is 170 cm³/mol. The zero-order valence-corrected chi connectivity index (χ0v) is 25.2. The van der Waals surface area contributed by atoms with Gasteiger partial charge >= 0.3 is 0 Å². The molecular formula is C34H39N5O4. The van der Waals surface area contributed by atoms with Gasteiger partial charge in [-0.25, -0.2) is 0 Å². The Balaban J connectivity index is 1.21. The van der Waals surface area contributed by atoms with Gasteiger partial charge in [-0.3, -0.25) is 19.4 Å². The second-order valence-corrected chi connectivity index (χ2v) is 11.4. The molecule has 0 radical (unpaired) electrons. The molecule has 1 unspecified atom stereocenters. The van der Waals surface area contributed by atoms with Gasteiger partial charge < -0.3 is 24.4 Å². The summed E-state index contributed by atoms with van der Waals surface area (Å²) in [6, 6.07) is 19.1. The van der Waals surface area contributed by atoms with Crippen LogP contribution in [-0.4, -0.2) is 48.1 Å². The summed E-state index contributed by atoms with van der Waals surface area (Å²) in [4.78, 5) is 46.8. The Hall–Kier alpha value is -4.50. The Morgan fingerprint density at radius 3 is 2.56 bits per heavy atom. The number of amides is 2. The van der Waals surface area contributed by atoms with Crippen LogP contribution < -0.4 is 25.4 Å². The van der Waals surface area contributed by atoms with Gasteiger partial charge in [0.1, 0.15) is 11.2 Å². The lowest BCUT2D eigenvalue weighted by atomic mass is 9.90. The summed E-state index contributed by atoms with van der Waals surface area (Å²) in [6.45, 7) is 7.46. The van der Waals surface area contributed by atoms with Crippen LogP contribution in [0.3, 0.4) is 0 Å². The lowest BCUT2D eigenvalue weighted by Crippen LogP contribution is -2.47. The number of rotatable bonds is 11. The molecule has 5 rings (SSSR count). The van der Waals surface area contributed by atoms with Crippen molar-refractivity contribution in [1.82, 2.24) is 14.9 Å². The molecule has 224 valence electrons. The average molecular weight is 582 g/mol. The zero-order chi connectivity index (χ0) is 30.6. The van der Waals surface area contributed by atoms with Gasteiger partial charge in [0, 0.05) is 56.2 Å². The summed E-state index contributed by atoms with van der Waals surface area (Å²) in [6.07, 6.45) is 6.94. The summed E-state index contributed by atoms with van der Waals surface area (Å²) in [5.74, 6) is 0.184. The zero-order valence-electron chi connectivity index (χ0n) is 25.2. The van der Waals surface area contributed by atoms with Gasteiger partial charge in [-0.1, -0.05) is 24.3 Å². The van der Waals surface area contributed by atoms with Gasteiger partial charge in [-0.15, -0.1) is 0 Å². The molecule has 0 spiro atoms. The van der Waals surface area contributed by atoms with E-state index in [9.17, 15) is 14.4 Å². The Morgan fingerprint density at radius 2 is 1.79 bits per heavy atom. The smallest absolute Gasteiger partial charge is 0.258 e. The minimum absolute atomic E-state index is 0.0134. The van der Waals surface area contributed by atoms with Gasteiger partial charge in [0.15, 0.2) is 0 Å². The molecule has 0 bridgehead atoms. The number of hydrogen-bond acceptors (Lipinski definition) is 6. The average Bonchev–Trinajstić information content (AvgIpc) is 3.08. The van der Waals surface area contributed by atoms with Gasteiger partial charge in [0.05, 0.1) is 18.0 Å². The molecule has 3 heterocycles. The lowest BCUT2D eigenvalue weighted by molar-refractivity contribution is -0.137. The maximum absolute atomic E-state index is 13.1. The number of nitrogens with one attached hydrogen (secondary N) is 1. The van der Waals surface area contributed by atoms with Crippen molar-refractivity contribution in [3.05, 3.63) is 95.2 Å². The first kappa shape index (κ1) is 30.0. The number of pyridine rings is 2. The highest BCUT2D eigenvalue weighted by molar-refractivity contribution is 6.20. The number of benzene rings is 2. The number of nitrogens with zero attached hydrogens (tertiary/aromatic N) is 4. The molecule has 1 N–H and O–H groups in total. The molecule has 9 nitrogen and oxygen atoms in total. The lowest BCUT2D eigenvalue weighted by Gasteiger charge is -2.27. The van der Waals surface area contributed by atoms with E-state index in [-0.39, 0.29) is 23.4 Å². The van der Waals surface area contributed by atoms with Crippen molar-refractivity contribution in [3.63, 3.8) is 0 Å². The quantitative estimate of drug-likeness (QED) is 0.199. The number of ether oxygens (including phenoxy) is 1. The fourth-order valence-electron chi connectivity index (χ4n) is 5.65. The second-order valence-electron chi connectivity index (χ2n) is 11.4. The van der Waals surface area contributed by atoms with Gasteiger partial charge in [0.25, 0.3) is 5.56 Å². The molecule has 0 aliphatic carbocycles. The van der Waals surface area contributed by atoms with Crippen LogP contribution in [0.1, 0.15) is 45.2 Å². The van der Waals surface area contributed by atoms with E-state index in [0.29, 0.717) is 43.4 Å². The number of aromatic nitrogens is 2. The van der Waals surface area contributed by atoms with E-state index in [0.717, 1.165) is 29.2 Å². The largest absolute Gasteiger partial charge is 0.493 e. The maximum atomic E-state index is 13.1. The van der Waals surface area contributed by atoms with Crippen LogP contribution in [0.15, 0.2) is 84.0 Å². The normalized spacial score (nSPS) is 15.3. The molecule has 0 fully saturated rings. The summed E-state index contributed by atoms with van der Waals surface area (Å²) in [7, 11) is 1.70. The third kappa shape index (κ3) is 6.17. The third-order valence-electron chi connectivity index (χ3n) is 8.15. The molecular weight excluding hydrogens is 542 g/mol. The minimum atomic E-state index is -1.15. The number of carbonyl (C=O) groups excluding carboxylic acids is 2. The Bertz CT molecular complexity index is 1670. The van der Waals surface area contributed by atoms with Gasteiger partial charge in [-0.2, -0.15) is 0 Å². The van der Waals surface area contributed by atoms with Crippen LogP contribution in [0.25, 0.3) is 10.8 Å². The fraction of sp³-hybridized carbons (Fsp3) is 0.353. The molecule has 1 aliphatic heterocycles. The molecule has 1 atom stereocenters.